The number of nitrogens with zero attached hydrogens (tertiary/aromatic N) is 3. The SMILES string of the molecule is Cn1c(N)c(-c2cc(-c3ccc(OCCCN4CCCCC4)cc3)ccc2N)n(C2CCCC2)c1=O. The van der Waals surface area contributed by atoms with E-state index in [1.165, 1.54) is 36.9 Å². The molecule has 0 atom stereocenters. The summed E-state index contributed by atoms with van der Waals surface area (Å²) in [6, 6.07) is 14.4. The zero-order valence-electron chi connectivity index (χ0n) is 21.4. The molecule has 3 aromatic rings. The van der Waals surface area contributed by atoms with Crippen LogP contribution in [0, 0.1) is 0 Å². The van der Waals surface area contributed by atoms with Gasteiger partial charge in [-0.3, -0.25) is 9.13 Å². The van der Waals surface area contributed by atoms with Crippen LogP contribution >= 0.6 is 0 Å². The van der Waals surface area contributed by atoms with Crippen LogP contribution in [0.4, 0.5) is 11.5 Å². The Kier molecular flexibility index (Phi) is 7.37. The van der Waals surface area contributed by atoms with E-state index in [0.29, 0.717) is 11.5 Å². The normalized spacial score (nSPS) is 17.0. The number of rotatable bonds is 8. The minimum Gasteiger partial charge on any atom is -0.494 e. The van der Waals surface area contributed by atoms with E-state index in [1.54, 1.807) is 7.05 Å². The summed E-state index contributed by atoms with van der Waals surface area (Å²) in [7, 11) is 1.73. The van der Waals surface area contributed by atoms with Crippen molar-refractivity contribution in [2.45, 2.75) is 57.4 Å². The lowest BCUT2D eigenvalue weighted by Crippen LogP contribution is -2.31. The first kappa shape index (κ1) is 24.5. The molecule has 1 aromatic heterocycles. The van der Waals surface area contributed by atoms with Crippen molar-refractivity contribution in [3.63, 3.8) is 0 Å². The minimum atomic E-state index is -0.0685. The molecule has 0 radical (unpaired) electrons. The Morgan fingerprint density at radius 1 is 0.917 bits per heavy atom. The number of likely N-dealkylation sites (tertiary alicyclic amines) is 1. The molecule has 2 heterocycles. The fourth-order valence-corrected chi connectivity index (χ4v) is 5.76. The van der Waals surface area contributed by atoms with Gasteiger partial charge in [0, 0.05) is 30.9 Å². The number of aromatic nitrogens is 2. The average molecular weight is 490 g/mol. The smallest absolute Gasteiger partial charge is 0.330 e. The van der Waals surface area contributed by atoms with Crippen LogP contribution in [-0.2, 0) is 7.05 Å². The zero-order chi connectivity index (χ0) is 25.1. The van der Waals surface area contributed by atoms with Gasteiger partial charge >= 0.3 is 5.69 Å². The van der Waals surface area contributed by atoms with E-state index >= 15 is 0 Å². The maximum absolute atomic E-state index is 13.1. The predicted molar refractivity (Wildman–Crippen MR) is 147 cm³/mol. The van der Waals surface area contributed by atoms with Gasteiger partial charge in [-0.25, -0.2) is 4.79 Å². The molecule has 1 saturated heterocycles. The van der Waals surface area contributed by atoms with E-state index in [4.69, 9.17) is 16.2 Å². The number of nitrogens with two attached hydrogens (primary N) is 2. The van der Waals surface area contributed by atoms with Gasteiger partial charge in [0.05, 0.1) is 12.3 Å². The van der Waals surface area contributed by atoms with Crippen molar-refractivity contribution in [1.29, 1.82) is 0 Å². The highest BCUT2D eigenvalue weighted by atomic mass is 16.5. The number of ether oxygens (including phenoxy) is 1. The monoisotopic (exact) mass is 489 g/mol. The molecule has 0 bridgehead atoms. The van der Waals surface area contributed by atoms with E-state index < -0.39 is 0 Å². The summed E-state index contributed by atoms with van der Waals surface area (Å²) < 4.78 is 9.41. The quantitative estimate of drug-likeness (QED) is 0.341. The standard InChI is InChI=1S/C29H39N5O2/c1-32-28(31)27(34(29(32)35)23-8-3-4-9-23)25-20-22(12-15-26(25)30)21-10-13-24(14-11-21)36-19-7-18-33-16-5-2-6-17-33/h10-15,20,23H,2-9,16-19,30-31H2,1H3. The maximum Gasteiger partial charge on any atom is 0.330 e. The van der Waals surface area contributed by atoms with Gasteiger partial charge in [0.1, 0.15) is 11.6 Å². The molecule has 5 rings (SSSR count). The number of piperidine rings is 1. The molecule has 7 heteroatoms. The molecule has 1 saturated carbocycles. The summed E-state index contributed by atoms with van der Waals surface area (Å²) in [6.45, 7) is 4.29. The Hall–Kier alpha value is -3.19. The molecule has 0 spiro atoms. The molecule has 1 aliphatic heterocycles. The van der Waals surface area contributed by atoms with Crippen LogP contribution in [0.5, 0.6) is 5.75 Å². The van der Waals surface area contributed by atoms with Gasteiger partial charge in [0.2, 0.25) is 0 Å². The van der Waals surface area contributed by atoms with E-state index in [0.717, 1.165) is 73.4 Å². The summed E-state index contributed by atoms with van der Waals surface area (Å²) in [5.74, 6) is 1.35. The largest absolute Gasteiger partial charge is 0.494 e. The molecule has 2 fully saturated rings. The van der Waals surface area contributed by atoms with E-state index in [-0.39, 0.29) is 11.7 Å². The number of benzene rings is 2. The molecule has 0 amide bonds. The van der Waals surface area contributed by atoms with Gasteiger partial charge in [-0.1, -0.05) is 37.5 Å². The second-order valence-electron chi connectivity index (χ2n) is 10.3. The molecule has 7 nitrogen and oxygen atoms in total. The van der Waals surface area contributed by atoms with Crippen molar-refractivity contribution in [3.05, 3.63) is 52.9 Å². The molecule has 192 valence electrons. The van der Waals surface area contributed by atoms with Crippen molar-refractivity contribution in [2.24, 2.45) is 7.05 Å². The fourth-order valence-electron chi connectivity index (χ4n) is 5.76. The lowest BCUT2D eigenvalue weighted by atomic mass is 9.99. The summed E-state index contributed by atoms with van der Waals surface area (Å²) in [5.41, 5.74) is 17.1. The Balaban J connectivity index is 1.33. The van der Waals surface area contributed by atoms with Gasteiger partial charge in [0.15, 0.2) is 0 Å². The lowest BCUT2D eigenvalue weighted by Gasteiger charge is -2.26. The number of imidazole rings is 1. The number of nitrogen functional groups attached to an aromatic ring is 2. The Morgan fingerprint density at radius 3 is 2.33 bits per heavy atom. The molecular formula is C29H39N5O2. The van der Waals surface area contributed by atoms with Gasteiger partial charge in [-0.15, -0.1) is 0 Å². The van der Waals surface area contributed by atoms with Crippen molar-refractivity contribution >= 4 is 11.5 Å². The fraction of sp³-hybridized carbons (Fsp3) is 0.483. The predicted octanol–water partition coefficient (Wildman–Crippen LogP) is 5.06. The van der Waals surface area contributed by atoms with Crippen LogP contribution in [0.1, 0.15) is 57.4 Å². The summed E-state index contributed by atoms with van der Waals surface area (Å²) in [6.07, 6.45) is 9.32. The summed E-state index contributed by atoms with van der Waals surface area (Å²) >= 11 is 0. The first-order valence-corrected chi connectivity index (χ1v) is 13.4. The molecule has 0 unspecified atom stereocenters. The first-order valence-electron chi connectivity index (χ1n) is 13.4. The third kappa shape index (κ3) is 5.03. The first-order chi connectivity index (χ1) is 17.5. The highest BCUT2D eigenvalue weighted by molar-refractivity contribution is 5.85. The van der Waals surface area contributed by atoms with Gasteiger partial charge in [-0.2, -0.15) is 0 Å². The van der Waals surface area contributed by atoms with Crippen LogP contribution in [0.2, 0.25) is 0 Å². The van der Waals surface area contributed by atoms with Crippen LogP contribution in [0.3, 0.4) is 0 Å². The van der Waals surface area contributed by atoms with Gasteiger partial charge in [-0.05, 0) is 80.6 Å². The zero-order valence-corrected chi connectivity index (χ0v) is 21.4. The number of hydrogen-bond donors (Lipinski definition) is 2. The highest BCUT2D eigenvalue weighted by Crippen LogP contribution is 2.39. The van der Waals surface area contributed by atoms with Crippen molar-refractivity contribution in [1.82, 2.24) is 14.0 Å². The topological polar surface area (TPSA) is 91.4 Å². The lowest BCUT2D eigenvalue weighted by molar-refractivity contribution is 0.205. The van der Waals surface area contributed by atoms with Crippen molar-refractivity contribution in [2.75, 3.05) is 37.7 Å². The summed E-state index contributed by atoms with van der Waals surface area (Å²) in [5, 5.41) is 0. The molecular weight excluding hydrogens is 450 g/mol. The third-order valence-electron chi connectivity index (χ3n) is 7.86. The third-order valence-corrected chi connectivity index (χ3v) is 7.86. The Morgan fingerprint density at radius 2 is 1.61 bits per heavy atom. The number of anilines is 2. The molecule has 2 aliphatic rings. The average Bonchev–Trinajstić information content (AvgIpc) is 3.51. The maximum atomic E-state index is 13.1. The highest BCUT2D eigenvalue weighted by Gasteiger charge is 2.27. The van der Waals surface area contributed by atoms with Gasteiger partial charge < -0.3 is 21.1 Å². The second kappa shape index (κ2) is 10.8. The van der Waals surface area contributed by atoms with E-state index in [9.17, 15) is 4.79 Å². The van der Waals surface area contributed by atoms with Crippen LogP contribution in [0.25, 0.3) is 22.4 Å². The van der Waals surface area contributed by atoms with Crippen molar-refractivity contribution < 1.29 is 4.74 Å². The van der Waals surface area contributed by atoms with Crippen LogP contribution in [0.15, 0.2) is 47.3 Å². The van der Waals surface area contributed by atoms with E-state index in [1.807, 2.05) is 28.8 Å². The second-order valence-corrected chi connectivity index (χ2v) is 10.3. The molecule has 36 heavy (non-hydrogen) atoms. The van der Waals surface area contributed by atoms with E-state index in [2.05, 4.69) is 23.1 Å². The summed E-state index contributed by atoms with van der Waals surface area (Å²) in [4.78, 5) is 15.6. The number of hydrogen-bond acceptors (Lipinski definition) is 5. The van der Waals surface area contributed by atoms with Crippen LogP contribution in [-0.4, -0.2) is 40.3 Å². The minimum absolute atomic E-state index is 0.0685. The molecule has 2 aromatic carbocycles. The molecule has 1 aliphatic carbocycles. The Labute approximate surface area is 213 Å². The van der Waals surface area contributed by atoms with Crippen LogP contribution < -0.4 is 21.9 Å². The van der Waals surface area contributed by atoms with Gasteiger partial charge in [0.25, 0.3) is 0 Å². The van der Waals surface area contributed by atoms with Crippen molar-refractivity contribution in [3.8, 4) is 28.1 Å². The molecule has 4 N–H and O–H groups in total. The Bertz CT molecular complexity index is 1230.